The Kier molecular flexibility index (Phi) is 5.75. The zero-order valence-corrected chi connectivity index (χ0v) is 16.6. The predicted octanol–water partition coefficient (Wildman–Crippen LogP) is 5.13. The van der Waals surface area contributed by atoms with Crippen LogP contribution >= 0.6 is 22.6 Å². The van der Waals surface area contributed by atoms with Crippen molar-refractivity contribution >= 4 is 45.0 Å². The van der Waals surface area contributed by atoms with Gasteiger partial charge in [0.2, 0.25) is 0 Å². The number of phenolic OH excluding ortho intramolecular Hbond substituents is 1. The lowest BCUT2D eigenvalue weighted by atomic mass is 10.1. The Hall–Kier alpha value is -1.86. The number of para-hydroxylation sites is 1. The molecule has 3 rings (SSSR count). The van der Waals surface area contributed by atoms with Crippen LogP contribution in [-0.4, -0.2) is 28.1 Å². The molecule has 0 aliphatic carbocycles. The van der Waals surface area contributed by atoms with Crippen molar-refractivity contribution in [1.29, 1.82) is 0 Å². The second kappa shape index (κ2) is 8.01. The normalized spacial score (nSPS) is 11.2. The van der Waals surface area contributed by atoms with Crippen LogP contribution in [0.1, 0.15) is 19.4 Å². The Morgan fingerprint density at radius 1 is 1.08 bits per heavy atom. The summed E-state index contributed by atoms with van der Waals surface area (Å²) in [6, 6.07) is 16.1. The minimum atomic E-state index is 0.365. The average Bonchev–Trinajstić information content (AvgIpc) is 2.63. The molecule has 0 fully saturated rings. The summed E-state index contributed by atoms with van der Waals surface area (Å²) in [6.07, 6.45) is 0. The standard InChI is InChI=1S/C20H22IN3O/c1-3-24(4-2)13-15-11-16(12-17(21)20(15)25)22-19-10-9-14-7-5-6-8-18(14)23-19/h5-12,25H,3-4,13H2,1-2H3,(H,22,23). The monoisotopic (exact) mass is 447 g/mol. The summed E-state index contributed by atoms with van der Waals surface area (Å²) in [5, 5.41) is 14.9. The van der Waals surface area contributed by atoms with Gasteiger partial charge in [0.15, 0.2) is 0 Å². The number of hydrogen-bond donors (Lipinski definition) is 2. The Balaban J connectivity index is 1.89. The smallest absolute Gasteiger partial charge is 0.133 e. The lowest BCUT2D eigenvalue weighted by Gasteiger charge is -2.20. The number of nitrogens with one attached hydrogen (secondary N) is 1. The molecule has 2 N–H and O–H groups in total. The SMILES string of the molecule is CCN(CC)Cc1cc(Nc2ccc3ccccc3n2)cc(I)c1O. The van der Waals surface area contributed by atoms with Crippen LogP contribution in [0, 0.1) is 3.57 Å². The topological polar surface area (TPSA) is 48.4 Å². The van der Waals surface area contributed by atoms with Gasteiger partial charge in [-0.05, 0) is 66.0 Å². The molecule has 4 nitrogen and oxygen atoms in total. The molecule has 1 aromatic heterocycles. The third-order valence-corrected chi connectivity index (χ3v) is 5.12. The fourth-order valence-electron chi connectivity index (χ4n) is 2.82. The molecule has 0 unspecified atom stereocenters. The highest BCUT2D eigenvalue weighted by Gasteiger charge is 2.11. The number of nitrogens with zero attached hydrogens (tertiary/aromatic N) is 2. The molecular weight excluding hydrogens is 425 g/mol. The van der Waals surface area contributed by atoms with Gasteiger partial charge in [-0.3, -0.25) is 4.90 Å². The summed E-state index contributed by atoms with van der Waals surface area (Å²) in [5.41, 5.74) is 2.83. The quantitative estimate of drug-likeness (QED) is 0.406. The number of fused-ring (bicyclic) bond motifs is 1. The van der Waals surface area contributed by atoms with Crippen molar-refractivity contribution in [1.82, 2.24) is 9.88 Å². The minimum Gasteiger partial charge on any atom is -0.507 e. The highest BCUT2D eigenvalue weighted by molar-refractivity contribution is 14.1. The number of hydrogen-bond acceptors (Lipinski definition) is 4. The van der Waals surface area contributed by atoms with E-state index < -0.39 is 0 Å². The second-order valence-electron chi connectivity index (χ2n) is 5.94. The molecule has 0 atom stereocenters. The van der Waals surface area contributed by atoms with Crippen LogP contribution in [-0.2, 0) is 6.54 Å². The highest BCUT2D eigenvalue weighted by atomic mass is 127. The molecule has 2 aromatic carbocycles. The minimum absolute atomic E-state index is 0.365. The van der Waals surface area contributed by atoms with Crippen molar-refractivity contribution in [2.45, 2.75) is 20.4 Å². The van der Waals surface area contributed by atoms with Gasteiger partial charge < -0.3 is 10.4 Å². The van der Waals surface area contributed by atoms with Gasteiger partial charge >= 0.3 is 0 Å². The van der Waals surface area contributed by atoms with Crippen LogP contribution < -0.4 is 5.32 Å². The molecule has 130 valence electrons. The first-order chi connectivity index (χ1) is 12.1. The lowest BCUT2D eigenvalue weighted by Crippen LogP contribution is -2.22. The van der Waals surface area contributed by atoms with Crippen molar-refractivity contribution in [3.05, 3.63) is 57.7 Å². The number of aromatic nitrogens is 1. The molecular formula is C20H22IN3O. The first kappa shape index (κ1) is 17.9. The maximum absolute atomic E-state index is 10.4. The van der Waals surface area contributed by atoms with E-state index in [1.165, 1.54) is 0 Å². The Bertz CT molecular complexity index is 878. The summed E-state index contributed by atoms with van der Waals surface area (Å²) >= 11 is 2.17. The summed E-state index contributed by atoms with van der Waals surface area (Å²) in [7, 11) is 0. The van der Waals surface area contributed by atoms with Gasteiger partial charge in [-0.1, -0.05) is 32.0 Å². The van der Waals surface area contributed by atoms with E-state index in [-0.39, 0.29) is 0 Å². The zero-order valence-electron chi connectivity index (χ0n) is 14.5. The molecule has 3 aromatic rings. The molecule has 0 bridgehead atoms. The van der Waals surface area contributed by atoms with Crippen LogP contribution in [0.3, 0.4) is 0 Å². The van der Waals surface area contributed by atoms with Gasteiger partial charge in [0, 0.05) is 23.2 Å². The number of aromatic hydroxyl groups is 1. The van der Waals surface area contributed by atoms with Crippen molar-refractivity contribution in [2.24, 2.45) is 0 Å². The largest absolute Gasteiger partial charge is 0.507 e. The highest BCUT2D eigenvalue weighted by Crippen LogP contribution is 2.31. The Morgan fingerprint density at radius 3 is 2.60 bits per heavy atom. The fraction of sp³-hybridized carbons (Fsp3) is 0.250. The number of halogens is 1. The average molecular weight is 447 g/mol. The van der Waals surface area contributed by atoms with Crippen molar-refractivity contribution in [3.8, 4) is 5.75 Å². The van der Waals surface area contributed by atoms with E-state index in [1.807, 2.05) is 36.4 Å². The molecule has 0 aliphatic heterocycles. The van der Waals surface area contributed by atoms with E-state index in [9.17, 15) is 5.11 Å². The van der Waals surface area contributed by atoms with E-state index in [2.05, 4.69) is 63.8 Å². The maximum Gasteiger partial charge on any atom is 0.133 e. The van der Waals surface area contributed by atoms with E-state index in [4.69, 9.17) is 0 Å². The molecule has 1 heterocycles. The third-order valence-electron chi connectivity index (χ3n) is 4.30. The van der Waals surface area contributed by atoms with Crippen LogP contribution in [0.4, 0.5) is 11.5 Å². The molecule has 0 spiro atoms. The molecule has 25 heavy (non-hydrogen) atoms. The Labute approximate surface area is 162 Å². The molecule has 0 saturated heterocycles. The zero-order chi connectivity index (χ0) is 17.8. The van der Waals surface area contributed by atoms with Gasteiger partial charge in [0.1, 0.15) is 11.6 Å². The van der Waals surface area contributed by atoms with Gasteiger partial charge in [-0.2, -0.15) is 0 Å². The number of pyridine rings is 1. The van der Waals surface area contributed by atoms with Gasteiger partial charge in [0.05, 0.1) is 9.09 Å². The first-order valence-electron chi connectivity index (χ1n) is 8.47. The van der Waals surface area contributed by atoms with Crippen molar-refractivity contribution in [2.75, 3.05) is 18.4 Å². The van der Waals surface area contributed by atoms with Crippen LogP contribution in [0.25, 0.3) is 10.9 Å². The molecule has 0 saturated carbocycles. The van der Waals surface area contributed by atoms with Gasteiger partial charge in [-0.15, -0.1) is 0 Å². The third kappa shape index (κ3) is 4.22. The van der Waals surface area contributed by atoms with Crippen LogP contribution in [0.2, 0.25) is 0 Å². The van der Waals surface area contributed by atoms with Crippen molar-refractivity contribution < 1.29 is 5.11 Å². The Morgan fingerprint density at radius 2 is 1.84 bits per heavy atom. The number of anilines is 2. The first-order valence-corrected chi connectivity index (χ1v) is 9.55. The van der Waals surface area contributed by atoms with E-state index in [0.717, 1.165) is 51.2 Å². The predicted molar refractivity (Wildman–Crippen MR) is 112 cm³/mol. The second-order valence-corrected chi connectivity index (χ2v) is 7.10. The maximum atomic E-state index is 10.4. The summed E-state index contributed by atoms with van der Waals surface area (Å²) in [6.45, 7) is 6.90. The van der Waals surface area contributed by atoms with E-state index in [0.29, 0.717) is 5.75 Å². The van der Waals surface area contributed by atoms with Gasteiger partial charge in [-0.25, -0.2) is 4.98 Å². The molecule has 5 heteroatoms. The number of phenols is 1. The van der Waals surface area contributed by atoms with Crippen LogP contribution in [0.15, 0.2) is 48.5 Å². The van der Waals surface area contributed by atoms with E-state index in [1.54, 1.807) is 0 Å². The summed E-state index contributed by atoms with van der Waals surface area (Å²) in [4.78, 5) is 6.94. The van der Waals surface area contributed by atoms with Gasteiger partial charge in [0.25, 0.3) is 0 Å². The number of benzene rings is 2. The van der Waals surface area contributed by atoms with Crippen molar-refractivity contribution in [3.63, 3.8) is 0 Å². The summed E-state index contributed by atoms with van der Waals surface area (Å²) in [5.74, 6) is 1.17. The molecule has 0 radical (unpaired) electrons. The van der Waals surface area contributed by atoms with Crippen LogP contribution in [0.5, 0.6) is 5.75 Å². The lowest BCUT2D eigenvalue weighted by molar-refractivity contribution is 0.290. The fourth-order valence-corrected chi connectivity index (χ4v) is 3.50. The number of rotatable bonds is 6. The summed E-state index contributed by atoms with van der Waals surface area (Å²) < 4.78 is 0.838. The molecule has 0 aliphatic rings. The molecule has 0 amide bonds. The van der Waals surface area contributed by atoms with E-state index >= 15 is 0 Å².